The van der Waals surface area contributed by atoms with E-state index < -0.39 is 17.7 Å². The first-order chi connectivity index (χ1) is 17.0. The lowest BCUT2D eigenvalue weighted by atomic mass is 9.84. The number of carboxylic acids is 1. The summed E-state index contributed by atoms with van der Waals surface area (Å²) in [6, 6.07) is 13.7. The summed E-state index contributed by atoms with van der Waals surface area (Å²) in [6.45, 7) is 4.40. The van der Waals surface area contributed by atoms with Crippen LogP contribution >= 0.6 is 0 Å². The second-order valence-electron chi connectivity index (χ2n) is 10.9. The highest BCUT2D eigenvalue weighted by molar-refractivity contribution is 5.77. The zero-order valence-corrected chi connectivity index (χ0v) is 20.0. The summed E-state index contributed by atoms with van der Waals surface area (Å²) >= 11 is 0. The van der Waals surface area contributed by atoms with E-state index in [1.165, 1.54) is 6.07 Å². The van der Waals surface area contributed by atoms with Gasteiger partial charge in [-0.2, -0.15) is 13.2 Å². The summed E-state index contributed by atoms with van der Waals surface area (Å²) in [5, 5.41) is 9.29. The fraction of sp³-hybridized carbons (Fsp3) is 0.379. The number of hydrogen-bond donors (Lipinski definition) is 1. The van der Waals surface area contributed by atoms with Gasteiger partial charge in [0.15, 0.2) is 0 Å². The van der Waals surface area contributed by atoms with E-state index in [1.54, 1.807) is 18.3 Å². The number of fused-ring (bicyclic) bond motifs is 4. The molecule has 3 aliphatic rings. The van der Waals surface area contributed by atoms with Crippen LogP contribution in [0.3, 0.4) is 0 Å². The number of ether oxygens (including phenoxy) is 1. The molecular formula is C29H26F3NO3. The van der Waals surface area contributed by atoms with E-state index in [0.717, 1.165) is 40.3 Å². The predicted molar refractivity (Wildman–Crippen MR) is 127 cm³/mol. The first-order valence-corrected chi connectivity index (χ1v) is 12.2. The van der Waals surface area contributed by atoms with Crippen molar-refractivity contribution in [3.8, 4) is 5.88 Å². The van der Waals surface area contributed by atoms with Crippen LogP contribution in [-0.4, -0.2) is 16.1 Å². The molecular weight excluding hydrogens is 467 g/mol. The monoisotopic (exact) mass is 493 g/mol. The van der Waals surface area contributed by atoms with Crippen LogP contribution in [0.2, 0.25) is 0 Å². The molecule has 1 N–H and O–H groups in total. The van der Waals surface area contributed by atoms with Gasteiger partial charge in [0.1, 0.15) is 6.61 Å². The number of aliphatic carboxylic acids is 1. The second-order valence-corrected chi connectivity index (χ2v) is 10.9. The molecule has 3 aromatic rings. The van der Waals surface area contributed by atoms with Gasteiger partial charge in [0.25, 0.3) is 0 Å². The Kier molecular flexibility index (Phi) is 5.01. The normalized spacial score (nSPS) is 25.1. The molecule has 0 amide bonds. The molecule has 1 aromatic heterocycles. The number of carbonyl (C=O) groups is 1. The highest BCUT2D eigenvalue weighted by Crippen LogP contribution is 2.61. The minimum Gasteiger partial charge on any atom is -0.481 e. The number of aromatic nitrogens is 1. The fourth-order valence-electron chi connectivity index (χ4n) is 6.51. The maximum Gasteiger partial charge on any atom is 0.416 e. The van der Waals surface area contributed by atoms with E-state index >= 15 is 0 Å². The van der Waals surface area contributed by atoms with Crippen molar-refractivity contribution in [2.24, 2.45) is 11.8 Å². The Bertz CT molecular complexity index is 1380. The van der Waals surface area contributed by atoms with Crippen molar-refractivity contribution in [2.45, 2.75) is 56.7 Å². The van der Waals surface area contributed by atoms with E-state index in [2.05, 4.69) is 18.8 Å². The van der Waals surface area contributed by atoms with Crippen LogP contribution in [0.5, 0.6) is 5.88 Å². The van der Waals surface area contributed by atoms with Gasteiger partial charge in [0, 0.05) is 24.1 Å². The molecule has 4 nitrogen and oxygen atoms in total. The molecule has 0 spiro atoms. The number of carboxylic acid groups (broad SMARTS) is 1. The van der Waals surface area contributed by atoms with Crippen LogP contribution in [0.15, 0.2) is 54.7 Å². The third kappa shape index (κ3) is 3.67. The maximum absolute atomic E-state index is 13.8. The van der Waals surface area contributed by atoms with Gasteiger partial charge in [-0.3, -0.25) is 4.79 Å². The number of nitrogens with zero attached hydrogens (tertiary/aromatic N) is 1. The van der Waals surface area contributed by atoms with Gasteiger partial charge in [-0.25, -0.2) is 4.98 Å². The molecule has 0 aliphatic heterocycles. The molecule has 36 heavy (non-hydrogen) atoms. The zero-order valence-electron chi connectivity index (χ0n) is 20.0. The summed E-state index contributed by atoms with van der Waals surface area (Å²) in [5.74, 6) is -0.688. The van der Waals surface area contributed by atoms with Crippen molar-refractivity contribution < 1.29 is 27.8 Å². The summed E-state index contributed by atoms with van der Waals surface area (Å²) in [5.41, 5.74) is 4.44. The largest absolute Gasteiger partial charge is 0.481 e. The Morgan fingerprint density at radius 2 is 1.89 bits per heavy atom. The standard InChI is InChI=1S/C29H26F3NO3/c1-28(2)12-20(17-5-3-4-6-23(17)29(30,31)32)18-9-15(7-8-22(18)28)14-36-24-11-16-10-19-25(21(16)13-33-24)26(19)27(34)35/h3-9,11,13,19-20,25-26H,10,12,14H2,1-2H3,(H,34,35)/t19-,20?,25-,26+/m1/s1. The molecule has 4 atom stereocenters. The van der Waals surface area contributed by atoms with Gasteiger partial charge in [-0.05, 0) is 63.6 Å². The molecule has 0 radical (unpaired) electrons. The third-order valence-electron chi connectivity index (χ3n) is 8.23. The Morgan fingerprint density at radius 3 is 2.64 bits per heavy atom. The molecule has 0 saturated heterocycles. The minimum atomic E-state index is -4.41. The third-order valence-corrected chi connectivity index (χ3v) is 8.23. The van der Waals surface area contributed by atoms with E-state index in [1.807, 2.05) is 24.3 Å². The van der Waals surface area contributed by atoms with Crippen molar-refractivity contribution in [3.05, 3.63) is 93.7 Å². The quantitative estimate of drug-likeness (QED) is 0.443. The van der Waals surface area contributed by atoms with E-state index in [4.69, 9.17) is 4.74 Å². The summed E-state index contributed by atoms with van der Waals surface area (Å²) in [4.78, 5) is 15.7. The number of benzene rings is 2. The number of rotatable bonds is 5. The van der Waals surface area contributed by atoms with Crippen molar-refractivity contribution in [1.29, 1.82) is 0 Å². The summed E-state index contributed by atoms with van der Waals surface area (Å²) < 4.78 is 47.3. The molecule has 6 rings (SSSR count). The molecule has 1 saturated carbocycles. The fourth-order valence-corrected chi connectivity index (χ4v) is 6.51. The summed E-state index contributed by atoms with van der Waals surface area (Å²) in [6.07, 6.45) is -1.35. The van der Waals surface area contributed by atoms with Crippen molar-refractivity contribution in [3.63, 3.8) is 0 Å². The molecule has 186 valence electrons. The Labute approximate surface area is 207 Å². The van der Waals surface area contributed by atoms with Gasteiger partial charge in [-0.15, -0.1) is 0 Å². The van der Waals surface area contributed by atoms with Crippen molar-refractivity contribution in [2.75, 3.05) is 0 Å². The van der Waals surface area contributed by atoms with Crippen molar-refractivity contribution >= 4 is 5.97 Å². The van der Waals surface area contributed by atoms with Gasteiger partial charge >= 0.3 is 12.1 Å². The zero-order chi connectivity index (χ0) is 25.4. The van der Waals surface area contributed by atoms with Gasteiger partial charge in [-0.1, -0.05) is 50.2 Å². The van der Waals surface area contributed by atoms with Gasteiger partial charge in [0.2, 0.25) is 5.88 Å². The number of halogens is 3. The van der Waals surface area contributed by atoms with E-state index in [-0.39, 0.29) is 35.7 Å². The van der Waals surface area contributed by atoms with Crippen LogP contribution in [-0.2, 0) is 29.4 Å². The van der Waals surface area contributed by atoms with Crippen LogP contribution in [0.4, 0.5) is 13.2 Å². The average molecular weight is 494 g/mol. The van der Waals surface area contributed by atoms with Gasteiger partial charge in [0.05, 0.1) is 11.5 Å². The molecule has 2 aromatic carbocycles. The second kappa shape index (κ2) is 7.82. The lowest BCUT2D eigenvalue weighted by Gasteiger charge is -2.21. The smallest absolute Gasteiger partial charge is 0.416 e. The number of pyridine rings is 1. The van der Waals surface area contributed by atoms with Crippen molar-refractivity contribution in [1.82, 2.24) is 4.98 Å². The Morgan fingerprint density at radius 1 is 1.11 bits per heavy atom. The lowest BCUT2D eigenvalue weighted by Crippen LogP contribution is -2.14. The molecule has 1 unspecified atom stereocenters. The van der Waals surface area contributed by atoms with E-state index in [9.17, 15) is 23.1 Å². The van der Waals surface area contributed by atoms with Gasteiger partial charge < -0.3 is 9.84 Å². The lowest BCUT2D eigenvalue weighted by molar-refractivity contribution is -0.139. The number of alkyl halides is 3. The molecule has 0 bridgehead atoms. The van der Waals surface area contributed by atoms with Crippen LogP contribution in [0.25, 0.3) is 0 Å². The van der Waals surface area contributed by atoms with Crippen LogP contribution in [0, 0.1) is 11.8 Å². The Hall–Kier alpha value is -3.35. The summed E-state index contributed by atoms with van der Waals surface area (Å²) in [7, 11) is 0. The predicted octanol–water partition coefficient (Wildman–Crippen LogP) is 6.46. The number of hydrogen-bond acceptors (Lipinski definition) is 3. The molecule has 3 aliphatic carbocycles. The van der Waals surface area contributed by atoms with Crippen LogP contribution in [0.1, 0.15) is 71.0 Å². The SMILES string of the molecule is CC1(C)CC(c2ccccc2C(F)(F)F)c2cc(COc3cc4c(cn3)[C@H]3[C@@H](C4)[C@@H]3C(=O)O)ccc21. The average Bonchev–Trinajstić information content (AvgIpc) is 3.32. The Balaban J connectivity index is 1.25. The van der Waals surface area contributed by atoms with Crippen LogP contribution < -0.4 is 4.74 Å². The minimum absolute atomic E-state index is 0.0654. The topological polar surface area (TPSA) is 59.4 Å². The first-order valence-electron chi connectivity index (χ1n) is 12.2. The maximum atomic E-state index is 13.8. The highest BCUT2D eigenvalue weighted by atomic mass is 19.4. The molecule has 7 heteroatoms. The molecule has 1 heterocycles. The highest BCUT2D eigenvalue weighted by Gasteiger charge is 2.60. The molecule has 1 fully saturated rings. The first kappa shape index (κ1) is 23.1. The van der Waals surface area contributed by atoms with E-state index in [0.29, 0.717) is 17.9 Å².